The van der Waals surface area contributed by atoms with Gasteiger partial charge in [-0.15, -0.1) is 0 Å². The van der Waals surface area contributed by atoms with E-state index >= 15 is 0 Å². The van der Waals surface area contributed by atoms with Gasteiger partial charge in [0.15, 0.2) is 0 Å². The molecule has 2 heteroatoms. The predicted octanol–water partition coefficient (Wildman–Crippen LogP) is 5.53. The molecule has 2 nitrogen and oxygen atoms in total. The molecule has 23 heavy (non-hydrogen) atoms. The van der Waals surface area contributed by atoms with Gasteiger partial charge in [0.1, 0.15) is 5.75 Å². The summed E-state index contributed by atoms with van der Waals surface area (Å²) in [6.45, 7) is 4.42. The average molecular weight is 314 g/mol. The predicted molar refractivity (Wildman–Crippen MR) is 93.4 cm³/mol. The third kappa shape index (κ3) is 4.37. The molecule has 0 heterocycles. The van der Waals surface area contributed by atoms with Gasteiger partial charge in [-0.05, 0) is 75.3 Å². The third-order valence-electron chi connectivity index (χ3n) is 6.07. The van der Waals surface area contributed by atoms with Crippen LogP contribution in [-0.4, -0.2) is 5.97 Å². The molecule has 0 aliphatic heterocycles. The van der Waals surface area contributed by atoms with Crippen molar-refractivity contribution in [3.63, 3.8) is 0 Å². The molecule has 0 saturated heterocycles. The zero-order valence-corrected chi connectivity index (χ0v) is 14.6. The van der Waals surface area contributed by atoms with E-state index in [2.05, 4.69) is 6.92 Å². The minimum Gasteiger partial charge on any atom is -0.426 e. The van der Waals surface area contributed by atoms with Crippen LogP contribution in [0.15, 0.2) is 24.3 Å². The molecule has 2 fully saturated rings. The van der Waals surface area contributed by atoms with Gasteiger partial charge < -0.3 is 4.74 Å². The number of hydrogen-bond acceptors (Lipinski definition) is 2. The van der Waals surface area contributed by atoms with Gasteiger partial charge in [0.2, 0.25) is 0 Å². The lowest BCUT2D eigenvalue weighted by molar-refractivity contribution is -0.140. The van der Waals surface area contributed by atoms with Crippen molar-refractivity contribution in [3.8, 4) is 5.75 Å². The first-order valence-corrected chi connectivity index (χ1v) is 9.40. The Hall–Kier alpha value is -1.31. The highest BCUT2D eigenvalue weighted by atomic mass is 16.5. The number of rotatable bonds is 3. The third-order valence-corrected chi connectivity index (χ3v) is 6.07. The molecule has 2 saturated carbocycles. The summed E-state index contributed by atoms with van der Waals surface area (Å²) in [5.74, 6) is 3.46. The first-order valence-electron chi connectivity index (χ1n) is 9.40. The molecule has 1 aromatic carbocycles. The topological polar surface area (TPSA) is 26.3 Å². The van der Waals surface area contributed by atoms with Gasteiger partial charge in [-0.25, -0.2) is 0 Å². The number of ether oxygens (including phenoxy) is 1. The highest BCUT2D eigenvalue weighted by Gasteiger charge is 2.32. The van der Waals surface area contributed by atoms with Crippen molar-refractivity contribution < 1.29 is 9.53 Å². The van der Waals surface area contributed by atoms with Crippen molar-refractivity contribution in [1.29, 1.82) is 0 Å². The largest absolute Gasteiger partial charge is 0.426 e. The Labute approximate surface area is 140 Å². The summed E-state index contributed by atoms with van der Waals surface area (Å²) < 4.78 is 5.56. The molecule has 2 aliphatic rings. The maximum Gasteiger partial charge on any atom is 0.314 e. The highest BCUT2D eigenvalue weighted by Crippen LogP contribution is 2.41. The van der Waals surface area contributed by atoms with E-state index in [-0.39, 0.29) is 11.9 Å². The van der Waals surface area contributed by atoms with Crippen LogP contribution in [0.5, 0.6) is 5.75 Å². The quantitative estimate of drug-likeness (QED) is 0.541. The molecular formula is C21H30O2. The molecule has 3 rings (SSSR count). The van der Waals surface area contributed by atoms with E-state index in [9.17, 15) is 4.79 Å². The molecule has 0 amide bonds. The fraction of sp³-hybridized carbons (Fsp3) is 0.667. The SMILES string of the molecule is Cc1ccc(OC(=O)C2CCC(C3CCC(C)CC3)CC2)cc1. The van der Waals surface area contributed by atoms with Gasteiger partial charge in [0, 0.05) is 0 Å². The van der Waals surface area contributed by atoms with Crippen LogP contribution < -0.4 is 4.74 Å². The molecular weight excluding hydrogens is 284 g/mol. The molecule has 2 aliphatic carbocycles. The normalized spacial score (nSPS) is 31.6. The first kappa shape index (κ1) is 16.5. The van der Waals surface area contributed by atoms with Crippen LogP contribution in [0.4, 0.5) is 0 Å². The summed E-state index contributed by atoms with van der Waals surface area (Å²) in [4.78, 5) is 12.4. The van der Waals surface area contributed by atoms with E-state index in [1.807, 2.05) is 31.2 Å². The molecule has 0 aromatic heterocycles. The van der Waals surface area contributed by atoms with Crippen molar-refractivity contribution in [2.75, 3.05) is 0 Å². The van der Waals surface area contributed by atoms with Crippen molar-refractivity contribution in [3.05, 3.63) is 29.8 Å². The van der Waals surface area contributed by atoms with E-state index in [0.717, 1.165) is 30.6 Å². The summed E-state index contributed by atoms with van der Waals surface area (Å²) in [6.07, 6.45) is 10.1. The van der Waals surface area contributed by atoms with E-state index in [0.29, 0.717) is 5.75 Å². The zero-order valence-electron chi connectivity index (χ0n) is 14.6. The van der Waals surface area contributed by atoms with Crippen LogP contribution in [0, 0.1) is 30.6 Å². The van der Waals surface area contributed by atoms with E-state index in [1.54, 1.807) is 0 Å². The fourth-order valence-corrected chi connectivity index (χ4v) is 4.39. The smallest absolute Gasteiger partial charge is 0.314 e. The van der Waals surface area contributed by atoms with Crippen LogP contribution in [0.1, 0.15) is 63.9 Å². The second-order valence-electron chi connectivity index (χ2n) is 7.87. The summed E-state index contributed by atoms with van der Waals surface area (Å²) >= 11 is 0. The Balaban J connectivity index is 1.46. The molecule has 0 unspecified atom stereocenters. The van der Waals surface area contributed by atoms with Gasteiger partial charge in [0.25, 0.3) is 0 Å². The number of carbonyl (C=O) groups excluding carboxylic acids is 1. The van der Waals surface area contributed by atoms with Gasteiger partial charge in [-0.3, -0.25) is 4.79 Å². The lowest BCUT2D eigenvalue weighted by atomic mass is 9.69. The van der Waals surface area contributed by atoms with Crippen molar-refractivity contribution >= 4 is 5.97 Å². The maximum atomic E-state index is 12.4. The standard InChI is InChI=1S/C21H30O2/c1-15-3-7-17(8-4-15)18-9-11-19(12-10-18)21(22)23-20-13-5-16(2)6-14-20/h5-6,13-15,17-19H,3-4,7-12H2,1-2H3. The van der Waals surface area contributed by atoms with Crippen molar-refractivity contribution in [2.24, 2.45) is 23.7 Å². The first-order chi connectivity index (χ1) is 11.1. The minimum atomic E-state index is -0.0235. The highest BCUT2D eigenvalue weighted by molar-refractivity contribution is 5.75. The average Bonchev–Trinajstić information content (AvgIpc) is 2.58. The number of carbonyl (C=O) groups is 1. The molecule has 0 N–H and O–H groups in total. The fourth-order valence-electron chi connectivity index (χ4n) is 4.39. The Morgan fingerprint density at radius 2 is 1.39 bits per heavy atom. The Morgan fingerprint density at radius 3 is 1.96 bits per heavy atom. The molecule has 0 radical (unpaired) electrons. The van der Waals surface area contributed by atoms with Gasteiger partial charge >= 0.3 is 5.97 Å². The molecule has 0 spiro atoms. The monoisotopic (exact) mass is 314 g/mol. The van der Waals surface area contributed by atoms with Crippen LogP contribution in [0.25, 0.3) is 0 Å². The molecule has 0 bridgehead atoms. The van der Waals surface area contributed by atoms with E-state index in [1.165, 1.54) is 44.1 Å². The van der Waals surface area contributed by atoms with Crippen LogP contribution in [-0.2, 0) is 4.79 Å². The zero-order chi connectivity index (χ0) is 16.2. The van der Waals surface area contributed by atoms with Crippen molar-refractivity contribution in [2.45, 2.75) is 65.2 Å². The lowest BCUT2D eigenvalue weighted by Crippen LogP contribution is -2.29. The Kier molecular flexibility index (Phi) is 5.40. The molecule has 126 valence electrons. The summed E-state index contributed by atoms with van der Waals surface area (Å²) in [7, 11) is 0. The Bertz CT molecular complexity index is 503. The maximum absolute atomic E-state index is 12.4. The number of aryl methyl sites for hydroxylation is 1. The van der Waals surface area contributed by atoms with Crippen molar-refractivity contribution in [1.82, 2.24) is 0 Å². The Morgan fingerprint density at radius 1 is 0.870 bits per heavy atom. The number of benzene rings is 1. The van der Waals surface area contributed by atoms with Crippen LogP contribution in [0.2, 0.25) is 0 Å². The molecule has 0 atom stereocenters. The van der Waals surface area contributed by atoms with Crippen LogP contribution in [0.3, 0.4) is 0 Å². The second-order valence-corrected chi connectivity index (χ2v) is 7.87. The van der Waals surface area contributed by atoms with Gasteiger partial charge in [-0.1, -0.05) is 37.5 Å². The minimum absolute atomic E-state index is 0.0235. The van der Waals surface area contributed by atoms with E-state index < -0.39 is 0 Å². The second kappa shape index (κ2) is 7.51. The number of hydrogen-bond donors (Lipinski definition) is 0. The molecule has 1 aromatic rings. The summed E-state index contributed by atoms with van der Waals surface area (Å²) in [5, 5.41) is 0. The van der Waals surface area contributed by atoms with Gasteiger partial charge in [0.05, 0.1) is 5.92 Å². The van der Waals surface area contributed by atoms with Crippen LogP contribution >= 0.6 is 0 Å². The summed E-state index contributed by atoms with van der Waals surface area (Å²) in [6, 6.07) is 7.76. The number of esters is 1. The lowest BCUT2D eigenvalue weighted by Gasteiger charge is -2.36. The van der Waals surface area contributed by atoms with Gasteiger partial charge in [-0.2, -0.15) is 0 Å². The summed E-state index contributed by atoms with van der Waals surface area (Å²) in [5.41, 5.74) is 1.19. The van der Waals surface area contributed by atoms with E-state index in [4.69, 9.17) is 4.74 Å².